The number of benzene rings is 1. The van der Waals surface area contributed by atoms with E-state index in [4.69, 9.17) is 0 Å². The van der Waals surface area contributed by atoms with E-state index in [1.165, 1.54) is 12.3 Å². The van der Waals surface area contributed by atoms with E-state index in [0.717, 1.165) is 6.29 Å². The van der Waals surface area contributed by atoms with Crippen molar-refractivity contribution in [3.05, 3.63) is 47.9 Å². The molecule has 0 aliphatic carbocycles. The lowest BCUT2D eigenvalue weighted by Gasteiger charge is -2.02. The molecule has 1 N–H and O–H groups in total. The molecule has 0 atom stereocenters. The van der Waals surface area contributed by atoms with Crippen molar-refractivity contribution in [2.45, 2.75) is 0 Å². The van der Waals surface area contributed by atoms with E-state index in [1.807, 2.05) is 0 Å². The number of nitrogens with one attached hydrogen (secondary N) is 1. The fourth-order valence-corrected chi connectivity index (χ4v) is 1.17. The van der Waals surface area contributed by atoms with Crippen LogP contribution in [0.2, 0.25) is 0 Å². The first-order valence-electron chi connectivity index (χ1n) is 4.56. The molecule has 1 aromatic carbocycles. The molecule has 0 bridgehead atoms. The van der Waals surface area contributed by atoms with Crippen molar-refractivity contribution in [2.24, 2.45) is 0 Å². The maximum Gasteiger partial charge on any atom is 0.277 e. The van der Waals surface area contributed by atoms with Crippen molar-refractivity contribution in [2.75, 3.05) is 5.32 Å². The molecule has 0 saturated heterocycles. The summed E-state index contributed by atoms with van der Waals surface area (Å²) in [6, 6.07) is 7.98. The smallest absolute Gasteiger partial charge is 0.277 e. The third kappa shape index (κ3) is 2.14. The zero-order valence-corrected chi connectivity index (χ0v) is 8.21. The number of carbonyl (C=O) groups is 2. The Bertz CT molecular complexity index is 488. The summed E-state index contributed by atoms with van der Waals surface area (Å²) in [6.45, 7) is 0. The zero-order chi connectivity index (χ0) is 11.4. The molecule has 0 spiro atoms. The minimum atomic E-state index is -0.354. The Hall–Kier alpha value is -2.43. The number of nitrogens with zero attached hydrogens (tertiary/aromatic N) is 1. The number of aromatic nitrogens is 1. The third-order valence-electron chi connectivity index (χ3n) is 1.98. The zero-order valence-electron chi connectivity index (χ0n) is 8.21. The van der Waals surface area contributed by atoms with Crippen LogP contribution in [0.5, 0.6) is 0 Å². The minimum Gasteiger partial charge on any atom is -0.364 e. The Kier molecular flexibility index (Phi) is 2.77. The molecule has 1 aromatic heterocycles. The first-order valence-corrected chi connectivity index (χ1v) is 4.56. The highest BCUT2D eigenvalue weighted by Crippen LogP contribution is 2.09. The Morgan fingerprint density at radius 2 is 2.00 bits per heavy atom. The summed E-state index contributed by atoms with van der Waals surface area (Å²) in [5, 5.41) is 6.12. The number of anilines is 1. The summed E-state index contributed by atoms with van der Waals surface area (Å²) in [4.78, 5) is 21.9. The van der Waals surface area contributed by atoms with E-state index in [0.29, 0.717) is 11.3 Å². The SMILES string of the molecule is O=Cc1ccc(NC(=O)c2ccon2)cc1. The molecule has 5 heteroatoms. The van der Waals surface area contributed by atoms with Gasteiger partial charge in [0.05, 0.1) is 0 Å². The Morgan fingerprint density at radius 3 is 2.56 bits per heavy atom. The standard InChI is InChI=1S/C11H8N2O3/c14-7-8-1-3-9(4-2-8)12-11(15)10-5-6-16-13-10/h1-7H,(H,12,15). The van der Waals surface area contributed by atoms with Crippen molar-refractivity contribution >= 4 is 17.9 Å². The molecule has 80 valence electrons. The number of amides is 1. The van der Waals surface area contributed by atoms with Gasteiger partial charge in [0.25, 0.3) is 5.91 Å². The molecule has 0 unspecified atom stereocenters. The van der Waals surface area contributed by atoms with Gasteiger partial charge in [0.15, 0.2) is 5.69 Å². The summed E-state index contributed by atoms with van der Waals surface area (Å²) in [5.74, 6) is -0.354. The van der Waals surface area contributed by atoms with Gasteiger partial charge in [0.2, 0.25) is 0 Å². The Morgan fingerprint density at radius 1 is 1.25 bits per heavy atom. The topological polar surface area (TPSA) is 72.2 Å². The summed E-state index contributed by atoms with van der Waals surface area (Å²) in [6.07, 6.45) is 2.06. The maximum absolute atomic E-state index is 11.5. The summed E-state index contributed by atoms with van der Waals surface area (Å²) < 4.78 is 4.55. The number of carbonyl (C=O) groups excluding carboxylic acids is 2. The average molecular weight is 216 g/mol. The quantitative estimate of drug-likeness (QED) is 0.793. The number of hydrogen-bond acceptors (Lipinski definition) is 4. The van der Waals surface area contributed by atoms with Crippen LogP contribution in [-0.4, -0.2) is 17.4 Å². The monoisotopic (exact) mass is 216 g/mol. The van der Waals surface area contributed by atoms with Gasteiger partial charge < -0.3 is 9.84 Å². The molecule has 1 amide bonds. The van der Waals surface area contributed by atoms with Crippen LogP contribution in [0.4, 0.5) is 5.69 Å². The van der Waals surface area contributed by atoms with Gasteiger partial charge in [-0.1, -0.05) is 5.16 Å². The van der Waals surface area contributed by atoms with Crippen LogP contribution in [0.3, 0.4) is 0 Å². The molecule has 16 heavy (non-hydrogen) atoms. The Balaban J connectivity index is 2.09. The molecule has 1 heterocycles. The molecular weight excluding hydrogens is 208 g/mol. The predicted molar refractivity (Wildman–Crippen MR) is 56.3 cm³/mol. The van der Waals surface area contributed by atoms with Gasteiger partial charge >= 0.3 is 0 Å². The van der Waals surface area contributed by atoms with Crippen LogP contribution in [0.1, 0.15) is 20.8 Å². The van der Waals surface area contributed by atoms with Gasteiger partial charge in [-0.2, -0.15) is 0 Å². The lowest BCUT2D eigenvalue weighted by Crippen LogP contribution is -2.11. The molecule has 0 aliphatic heterocycles. The van der Waals surface area contributed by atoms with Crippen LogP contribution in [0.25, 0.3) is 0 Å². The van der Waals surface area contributed by atoms with Gasteiger partial charge in [0, 0.05) is 17.3 Å². The lowest BCUT2D eigenvalue weighted by atomic mass is 10.2. The van der Waals surface area contributed by atoms with Crippen LogP contribution < -0.4 is 5.32 Å². The number of aldehydes is 1. The van der Waals surface area contributed by atoms with Crippen molar-refractivity contribution in [1.29, 1.82) is 0 Å². The first-order chi connectivity index (χ1) is 7.79. The molecule has 2 aromatic rings. The average Bonchev–Trinajstić information content (AvgIpc) is 2.83. The van der Waals surface area contributed by atoms with Crippen LogP contribution in [0, 0.1) is 0 Å². The van der Waals surface area contributed by atoms with Gasteiger partial charge in [-0.25, -0.2) is 0 Å². The van der Waals surface area contributed by atoms with E-state index in [2.05, 4.69) is 15.0 Å². The molecule has 2 rings (SSSR count). The highest BCUT2D eigenvalue weighted by Gasteiger charge is 2.08. The molecule has 0 saturated carbocycles. The summed E-state index contributed by atoms with van der Waals surface area (Å²) >= 11 is 0. The molecule has 0 aliphatic rings. The predicted octanol–water partition coefficient (Wildman–Crippen LogP) is 1.74. The summed E-state index contributed by atoms with van der Waals surface area (Å²) in [7, 11) is 0. The fraction of sp³-hybridized carbons (Fsp3) is 0. The van der Waals surface area contributed by atoms with E-state index < -0.39 is 0 Å². The second kappa shape index (κ2) is 4.39. The van der Waals surface area contributed by atoms with Crippen molar-refractivity contribution in [1.82, 2.24) is 5.16 Å². The number of rotatable bonds is 3. The highest BCUT2D eigenvalue weighted by molar-refractivity contribution is 6.02. The minimum absolute atomic E-state index is 0.208. The molecule has 5 nitrogen and oxygen atoms in total. The van der Waals surface area contributed by atoms with Gasteiger partial charge in [-0.3, -0.25) is 9.59 Å². The van der Waals surface area contributed by atoms with Crippen molar-refractivity contribution in [3.8, 4) is 0 Å². The first kappa shape index (κ1) is 10.1. The Labute approximate surface area is 91.1 Å². The largest absolute Gasteiger partial charge is 0.364 e. The van der Waals surface area contributed by atoms with Crippen LogP contribution in [0.15, 0.2) is 41.1 Å². The van der Waals surface area contributed by atoms with E-state index in [1.54, 1.807) is 24.3 Å². The van der Waals surface area contributed by atoms with E-state index in [-0.39, 0.29) is 11.6 Å². The van der Waals surface area contributed by atoms with E-state index in [9.17, 15) is 9.59 Å². The maximum atomic E-state index is 11.5. The van der Waals surface area contributed by atoms with Crippen LogP contribution >= 0.6 is 0 Å². The fourth-order valence-electron chi connectivity index (χ4n) is 1.17. The second-order valence-electron chi connectivity index (χ2n) is 3.08. The van der Waals surface area contributed by atoms with Crippen molar-refractivity contribution < 1.29 is 14.1 Å². The normalized spacial score (nSPS) is 9.75. The second-order valence-corrected chi connectivity index (χ2v) is 3.08. The van der Waals surface area contributed by atoms with Crippen LogP contribution in [-0.2, 0) is 0 Å². The van der Waals surface area contributed by atoms with Gasteiger partial charge in [0.1, 0.15) is 12.5 Å². The lowest BCUT2D eigenvalue weighted by molar-refractivity contribution is 0.101. The van der Waals surface area contributed by atoms with Crippen molar-refractivity contribution in [3.63, 3.8) is 0 Å². The summed E-state index contributed by atoms with van der Waals surface area (Å²) in [5.41, 5.74) is 1.36. The van der Waals surface area contributed by atoms with Gasteiger partial charge in [-0.15, -0.1) is 0 Å². The molecule has 0 radical (unpaired) electrons. The third-order valence-corrected chi connectivity index (χ3v) is 1.98. The highest BCUT2D eigenvalue weighted by atomic mass is 16.5. The molecule has 0 fully saturated rings. The van der Waals surface area contributed by atoms with E-state index >= 15 is 0 Å². The molecular formula is C11H8N2O3. The van der Waals surface area contributed by atoms with Gasteiger partial charge in [-0.05, 0) is 24.3 Å². The number of hydrogen-bond donors (Lipinski definition) is 1.